The van der Waals surface area contributed by atoms with Crippen LogP contribution < -0.4 is 5.32 Å². The number of rotatable bonds is 5. The minimum Gasteiger partial charge on any atom is -0.358 e. The van der Waals surface area contributed by atoms with Gasteiger partial charge in [-0.3, -0.25) is 9.59 Å². The molecule has 0 saturated carbocycles. The Morgan fingerprint density at radius 3 is 2.37 bits per heavy atom. The third-order valence-corrected chi connectivity index (χ3v) is 4.30. The Balaban J connectivity index is 2.04. The largest absolute Gasteiger partial charge is 0.358 e. The second-order valence-electron chi connectivity index (χ2n) is 6.37. The summed E-state index contributed by atoms with van der Waals surface area (Å²) in [6, 6.07) is 17.5. The first kappa shape index (κ1) is 18.4. The lowest BCUT2D eigenvalue weighted by molar-refractivity contribution is -0.121. The van der Waals surface area contributed by atoms with Crippen LogP contribution in [0.5, 0.6) is 0 Å². The molecule has 1 N–H and O–H groups in total. The molecule has 0 aliphatic rings. The van der Waals surface area contributed by atoms with Crippen LogP contribution in [-0.2, 0) is 4.79 Å². The van der Waals surface area contributed by atoms with Gasteiger partial charge in [-0.15, -0.1) is 0 Å². The maximum absolute atomic E-state index is 13.0. The van der Waals surface area contributed by atoms with Crippen molar-refractivity contribution in [1.82, 2.24) is 20.0 Å². The zero-order valence-corrected chi connectivity index (χ0v) is 15.6. The van der Waals surface area contributed by atoms with Gasteiger partial charge in [0.2, 0.25) is 5.91 Å². The van der Waals surface area contributed by atoms with E-state index in [-0.39, 0.29) is 18.4 Å². The highest BCUT2D eigenvalue weighted by Crippen LogP contribution is 2.24. The van der Waals surface area contributed by atoms with Gasteiger partial charge >= 0.3 is 0 Å². The number of hydrogen-bond acceptors (Lipinski definition) is 3. The van der Waals surface area contributed by atoms with Crippen molar-refractivity contribution in [3.8, 4) is 16.9 Å². The third kappa shape index (κ3) is 4.06. The number of carbonyl (C=O) groups is 2. The van der Waals surface area contributed by atoms with Crippen LogP contribution >= 0.6 is 0 Å². The summed E-state index contributed by atoms with van der Waals surface area (Å²) in [5, 5.41) is 7.18. The SMILES string of the molecule is CNC(=O)CN(C)C(=O)c1cn(-c2ccc(C)cc2)nc1-c1ccccc1. The second-order valence-corrected chi connectivity index (χ2v) is 6.37. The first-order valence-corrected chi connectivity index (χ1v) is 8.67. The molecule has 6 heteroatoms. The number of aryl methyl sites for hydroxylation is 1. The lowest BCUT2D eigenvalue weighted by atomic mass is 10.1. The van der Waals surface area contributed by atoms with Gasteiger partial charge in [0, 0.05) is 25.9 Å². The number of likely N-dealkylation sites (N-methyl/N-ethyl adjacent to an activating group) is 2. The molecule has 0 spiro atoms. The van der Waals surface area contributed by atoms with E-state index >= 15 is 0 Å². The van der Waals surface area contributed by atoms with Crippen molar-refractivity contribution in [2.45, 2.75) is 6.92 Å². The standard InChI is InChI=1S/C21H22N4O2/c1-15-9-11-17(12-10-15)25-13-18(21(27)24(3)14-19(26)22-2)20(23-25)16-7-5-4-6-8-16/h4-13H,14H2,1-3H3,(H,22,26). The Hall–Kier alpha value is -3.41. The Bertz CT molecular complexity index is 946. The molecule has 0 radical (unpaired) electrons. The summed E-state index contributed by atoms with van der Waals surface area (Å²) in [6.07, 6.45) is 1.72. The first-order chi connectivity index (χ1) is 13.0. The average molecular weight is 362 g/mol. The highest BCUT2D eigenvalue weighted by molar-refractivity contribution is 6.01. The van der Waals surface area contributed by atoms with Crippen LogP contribution in [0.15, 0.2) is 60.8 Å². The smallest absolute Gasteiger partial charge is 0.257 e. The molecule has 2 aromatic carbocycles. The highest BCUT2D eigenvalue weighted by Gasteiger charge is 2.22. The van der Waals surface area contributed by atoms with Crippen molar-refractivity contribution in [3.05, 3.63) is 71.9 Å². The number of nitrogens with zero attached hydrogens (tertiary/aromatic N) is 3. The molecule has 27 heavy (non-hydrogen) atoms. The van der Waals surface area contributed by atoms with Crippen LogP contribution in [0.3, 0.4) is 0 Å². The number of benzene rings is 2. The maximum atomic E-state index is 13.0. The highest BCUT2D eigenvalue weighted by atomic mass is 16.2. The van der Waals surface area contributed by atoms with Gasteiger partial charge in [0.05, 0.1) is 17.8 Å². The number of carbonyl (C=O) groups excluding carboxylic acids is 2. The summed E-state index contributed by atoms with van der Waals surface area (Å²) in [6.45, 7) is 2.00. The zero-order valence-electron chi connectivity index (χ0n) is 15.6. The third-order valence-electron chi connectivity index (χ3n) is 4.30. The zero-order chi connectivity index (χ0) is 19.4. The van der Waals surface area contributed by atoms with Gasteiger partial charge in [0.15, 0.2) is 0 Å². The molecule has 1 aromatic heterocycles. The molecule has 0 aliphatic carbocycles. The summed E-state index contributed by atoms with van der Waals surface area (Å²) in [5.74, 6) is -0.478. The molecule has 3 rings (SSSR count). The van der Waals surface area contributed by atoms with Crippen LogP contribution in [-0.4, -0.2) is 47.1 Å². The van der Waals surface area contributed by atoms with Crippen molar-refractivity contribution >= 4 is 11.8 Å². The van der Waals surface area contributed by atoms with Gasteiger partial charge in [0.1, 0.15) is 5.69 Å². The van der Waals surface area contributed by atoms with Gasteiger partial charge < -0.3 is 10.2 Å². The van der Waals surface area contributed by atoms with Crippen molar-refractivity contribution in [1.29, 1.82) is 0 Å². The fraction of sp³-hybridized carbons (Fsp3) is 0.190. The molecule has 138 valence electrons. The molecule has 1 heterocycles. The number of aromatic nitrogens is 2. The average Bonchev–Trinajstić information content (AvgIpc) is 3.13. The van der Waals surface area contributed by atoms with Crippen molar-refractivity contribution in [2.24, 2.45) is 0 Å². The first-order valence-electron chi connectivity index (χ1n) is 8.67. The van der Waals surface area contributed by atoms with Crippen LogP contribution in [0.25, 0.3) is 16.9 Å². The monoisotopic (exact) mass is 362 g/mol. The Kier molecular flexibility index (Phi) is 5.35. The van der Waals surface area contributed by atoms with Gasteiger partial charge in [-0.1, -0.05) is 48.0 Å². The van der Waals surface area contributed by atoms with Gasteiger partial charge in [-0.2, -0.15) is 5.10 Å². The fourth-order valence-corrected chi connectivity index (χ4v) is 2.74. The van der Waals surface area contributed by atoms with E-state index in [2.05, 4.69) is 10.4 Å². The van der Waals surface area contributed by atoms with Crippen LogP contribution in [0.2, 0.25) is 0 Å². The van der Waals surface area contributed by atoms with Crippen molar-refractivity contribution < 1.29 is 9.59 Å². The quantitative estimate of drug-likeness (QED) is 0.759. The van der Waals surface area contributed by atoms with E-state index in [1.165, 1.54) is 4.90 Å². The minimum absolute atomic E-state index is 0.0146. The molecular weight excluding hydrogens is 340 g/mol. The van der Waals surface area contributed by atoms with E-state index in [1.54, 1.807) is 25.0 Å². The lowest BCUT2D eigenvalue weighted by Crippen LogP contribution is -2.36. The summed E-state index contributed by atoms with van der Waals surface area (Å²) in [4.78, 5) is 26.0. The van der Waals surface area contributed by atoms with Crippen LogP contribution in [0.4, 0.5) is 0 Å². The van der Waals surface area contributed by atoms with Crippen molar-refractivity contribution in [2.75, 3.05) is 20.6 Å². The Labute approximate surface area is 158 Å². The summed E-state index contributed by atoms with van der Waals surface area (Å²) < 4.78 is 1.70. The molecule has 0 aliphatic heterocycles. The van der Waals surface area contributed by atoms with E-state index in [0.717, 1.165) is 16.8 Å². The molecule has 0 fully saturated rings. The summed E-state index contributed by atoms with van der Waals surface area (Å²) in [5.41, 5.74) is 3.90. The molecular formula is C21H22N4O2. The number of nitrogens with one attached hydrogen (secondary N) is 1. The Morgan fingerprint density at radius 2 is 1.74 bits per heavy atom. The van der Waals surface area contributed by atoms with E-state index in [9.17, 15) is 9.59 Å². The van der Waals surface area contributed by atoms with E-state index in [1.807, 2.05) is 61.5 Å². The Morgan fingerprint density at radius 1 is 1.07 bits per heavy atom. The number of amides is 2. The minimum atomic E-state index is -0.254. The molecule has 2 amide bonds. The van der Waals surface area contributed by atoms with Gasteiger partial charge in [0.25, 0.3) is 5.91 Å². The predicted molar refractivity (Wildman–Crippen MR) is 105 cm³/mol. The summed E-state index contributed by atoms with van der Waals surface area (Å²) in [7, 11) is 3.15. The van der Waals surface area contributed by atoms with E-state index in [4.69, 9.17) is 0 Å². The molecule has 0 saturated heterocycles. The van der Waals surface area contributed by atoms with Crippen molar-refractivity contribution in [3.63, 3.8) is 0 Å². The van der Waals surface area contributed by atoms with E-state index in [0.29, 0.717) is 11.3 Å². The van der Waals surface area contributed by atoms with Gasteiger partial charge in [-0.05, 0) is 19.1 Å². The fourth-order valence-electron chi connectivity index (χ4n) is 2.74. The maximum Gasteiger partial charge on any atom is 0.257 e. The predicted octanol–water partition coefficient (Wildman–Crippen LogP) is 2.67. The molecule has 3 aromatic rings. The molecule has 6 nitrogen and oxygen atoms in total. The van der Waals surface area contributed by atoms with Crippen LogP contribution in [0, 0.1) is 6.92 Å². The van der Waals surface area contributed by atoms with Crippen LogP contribution in [0.1, 0.15) is 15.9 Å². The lowest BCUT2D eigenvalue weighted by Gasteiger charge is -2.15. The van der Waals surface area contributed by atoms with E-state index < -0.39 is 0 Å². The summed E-state index contributed by atoms with van der Waals surface area (Å²) >= 11 is 0. The molecule has 0 unspecified atom stereocenters. The molecule has 0 atom stereocenters. The normalized spacial score (nSPS) is 10.5. The number of hydrogen-bond donors (Lipinski definition) is 1. The topological polar surface area (TPSA) is 67.2 Å². The molecule has 0 bridgehead atoms. The second kappa shape index (κ2) is 7.86. The van der Waals surface area contributed by atoms with Gasteiger partial charge in [-0.25, -0.2) is 4.68 Å².